The number of hydrogen-bond acceptors (Lipinski definition) is 2. The number of carbonyl (C=O) groups excluding carboxylic acids is 1. The molecule has 0 bridgehead atoms. The number of hydrogen-bond donors (Lipinski definition) is 0. The molecule has 0 spiro atoms. The fourth-order valence-electron chi connectivity index (χ4n) is 1.91. The molecule has 1 aliphatic rings. The van der Waals surface area contributed by atoms with Gasteiger partial charge in [0.2, 0.25) is 5.91 Å². The summed E-state index contributed by atoms with van der Waals surface area (Å²) in [6.45, 7) is 2.09. The first-order valence-corrected chi connectivity index (χ1v) is 5.92. The summed E-state index contributed by atoms with van der Waals surface area (Å²) in [6, 6.07) is 5.82. The molecule has 1 fully saturated rings. The summed E-state index contributed by atoms with van der Waals surface area (Å²) >= 11 is 0. The van der Waals surface area contributed by atoms with Gasteiger partial charge in [-0.2, -0.15) is 0 Å². The van der Waals surface area contributed by atoms with Crippen LogP contribution in [0.4, 0.5) is 4.39 Å². The topological polar surface area (TPSA) is 29.5 Å². The lowest BCUT2D eigenvalue weighted by Crippen LogP contribution is -2.28. The first-order chi connectivity index (χ1) is 8.25. The highest BCUT2D eigenvalue weighted by atomic mass is 19.1. The van der Waals surface area contributed by atoms with Gasteiger partial charge < -0.3 is 9.64 Å². The molecule has 0 saturated carbocycles. The van der Waals surface area contributed by atoms with Gasteiger partial charge in [0.05, 0.1) is 13.0 Å². The lowest BCUT2D eigenvalue weighted by atomic mass is 10.3. The first kappa shape index (κ1) is 11.9. The molecular formula is C13H16FNO2. The van der Waals surface area contributed by atoms with Crippen molar-refractivity contribution in [3.05, 3.63) is 30.1 Å². The highest BCUT2D eigenvalue weighted by molar-refractivity contribution is 5.76. The molecule has 0 aliphatic carbocycles. The second kappa shape index (κ2) is 5.66. The molecule has 0 aromatic heterocycles. The minimum Gasteiger partial charge on any atom is -0.493 e. The van der Waals surface area contributed by atoms with Crippen LogP contribution >= 0.6 is 0 Å². The number of likely N-dealkylation sites (tertiary alicyclic amines) is 1. The zero-order valence-corrected chi connectivity index (χ0v) is 9.69. The fourth-order valence-corrected chi connectivity index (χ4v) is 1.91. The molecule has 1 aromatic carbocycles. The highest BCUT2D eigenvalue weighted by Gasteiger charge is 2.17. The second-order valence-electron chi connectivity index (χ2n) is 4.14. The largest absolute Gasteiger partial charge is 0.493 e. The van der Waals surface area contributed by atoms with E-state index in [1.54, 1.807) is 12.1 Å². The summed E-state index contributed by atoms with van der Waals surface area (Å²) in [4.78, 5) is 13.5. The fraction of sp³-hybridized carbons (Fsp3) is 0.462. The van der Waals surface area contributed by atoms with E-state index >= 15 is 0 Å². The molecule has 0 N–H and O–H groups in total. The van der Waals surface area contributed by atoms with E-state index in [0.29, 0.717) is 18.8 Å². The van der Waals surface area contributed by atoms with Gasteiger partial charge >= 0.3 is 0 Å². The van der Waals surface area contributed by atoms with Crippen molar-refractivity contribution in [3.8, 4) is 5.75 Å². The zero-order valence-electron chi connectivity index (χ0n) is 9.69. The van der Waals surface area contributed by atoms with Crippen molar-refractivity contribution in [2.75, 3.05) is 19.7 Å². The number of halogens is 1. The van der Waals surface area contributed by atoms with Gasteiger partial charge in [0.25, 0.3) is 0 Å². The van der Waals surface area contributed by atoms with Crippen LogP contribution in [0.5, 0.6) is 5.75 Å². The average Bonchev–Trinajstić information content (AvgIpc) is 2.85. The van der Waals surface area contributed by atoms with Gasteiger partial charge in [-0.15, -0.1) is 0 Å². The zero-order chi connectivity index (χ0) is 12.1. The van der Waals surface area contributed by atoms with Gasteiger partial charge in [-0.3, -0.25) is 4.79 Å². The summed E-state index contributed by atoms with van der Waals surface area (Å²) in [6.07, 6.45) is 2.59. The molecule has 0 unspecified atom stereocenters. The van der Waals surface area contributed by atoms with E-state index in [9.17, 15) is 9.18 Å². The minimum atomic E-state index is -0.287. The number of carbonyl (C=O) groups is 1. The summed E-state index contributed by atoms with van der Waals surface area (Å²) in [5.74, 6) is 0.454. The lowest BCUT2D eigenvalue weighted by molar-refractivity contribution is -0.130. The monoisotopic (exact) mass is 237 g/mol. The molecule has 1 saturated heterocycles. The molecular weight excluding hydrogens is 221 g/mol. The van der Waals surface area contributed by atoms with Crippen molar-refractivity contribution in [3.63, 3.8) is 0 Å². The van der Waals surface area contributed by atoms with E-state index in [2.05, 4.69) is 0 Å². The molecule has 3 nitrogen and oxygen atoms in total. The maximum absolute atomic E-state index is 12.6. The summed E-state index contributed by atoms with van der Waals surface area (Å²) in [5, 5.41) is 0. The highest BCUT2D eigenvalue weighted by Crippen LogP contribution is 2.12. The third-order valence-electron chi connectivity index (χ3n) is 2.86. The van der Waals surface area contributed by atoms with Gasteiger partial charge in [-0.05, 0) is 37.1 Å². The van der Waals surface area contributed by atoms with Crippen LogP contribution in [-0.2, 0) is 4.79 Å². The molecule has 1 amide bonds. The Morgan fingerprint density at radius 2 is 1.88 bits per heavy atom. The lowest BCUT2D eigenvalue weighted by Gasteiger charge is -2.15. The minimum absolute atomic E-state index is 0.143. The second-order valence-corrected chi connectivity index (χ2v) is 4.14. The third kappa shape index (κ3) is 3.44. The van der Waals surface area contributed by atoms with Crippen molar-refractivity contribution in [2.45, 2.75) is 19.3 Å². The molecule has 0 atom stereocenters. The summed E-state index contributed by atoms with van der Waals surface area (Å²) < 4.78 is 18.0. The molecule has 17 heavy (non-hydrogen) atoms. The van der Waals surface area contributed by atoms with Gasteiger partial charge in [-0.1, -0.05) is 0 Å². The van der Waals surface area contributed by atoms with E-state index in [0.717, 1.165) is 25.9 Å². The Balaban J connectivity index is 1.72. The van der Waals surface area contributed by atoms with Crippen molar-refractivity contribution < 1.29 is 13.9 Å². The van der Waals surface area contributed by atoms with E-state index in [-0.39, 0.29) is 11.7 Å². The molecule has 0 radical (unpaired) electrons. The van der Waals surface area contributed by atoms with Crippen LogP contribution in [0.2, 0.25) is 0 Å². The van der Waals surface area contributed by atoms with Crippen LogP contribution in [0.15, 0.2) is 24.3 Å². The molecule has 1 heterocycles. The maximum Gasteiger partial charge on any atom is 0.225 e. The average molecular weight is 237 g/mol. The quantitative estimate of drug-likeness (QED) is 0.803. The maximum atomic E-state index is 12.6. The van der Waals surface area contributed by atoms with Crippen LogP contribution in [0, 0.1) is 5.82 Å². The Bertz CT molecular complexity index is 372. The van der Waals surface area contributed by atoms with E-state index in [4.69, 9.17) is 4.74 Å². The van der Waals surface area contributed by atoms with E-state index < -0.39 is 0 Å². The van der Waals surface area contributed by atoms with E-state index in [1.807, 2.05) is 4.90 Å². The van der Waals surface area contributed by atoms with Crippen molar-refractivity contribution in [2.24, 2.45) is 0 Å². The van der Waals surface area contributed by atoms with Crippen LogP contribution in [0.25, 0.3) is 0 Å². The van der Waals surface area contributed by atoms with Crippen LogP contribution in [-0.4, -0.2) is 30.5 Å². The predicted octanol–water partition coefficient (Wildman–Crippen LogP) is 2.22. The Labute approximate surface area is 100 Å². The van der Waals surface area contributed by atoms with E-state index in [1.165, 1.54) is 12.1 Å². The van der Waals surface area contributed by atoms with Gasteiger partial charge in [-0.25, -0.2) is 4.39 Å². The Morgan fingerprint density at radius 1 is 1.24 bits per heavy atom. The molecule has 92 valence electrons. The Morgan fingerprint density at radius 3 is 2.53 bits per heavy atom. The molecule has 4 heteroatoms. The standard InChI is InChI=1S/C13H16FNO2/c14-11-3-5-12(6-4-11)17-10-7-13(16)15-8-1-2-9-15/h3-6H,1-2,7-10H2. The normalized spacial score (nSPS) is 15.0. The van der Waals surface area contributed by atoms with Crippen LogP contribution < -0.4 is 4.74 Å². The Hall–Kier alpha value is -1.58. The molecule has 1 aromatic rings. The number of nitrogens with zero attached hydrogens (tertiary/aromatic N) is 1. The molecule has 1 aliphatic heterocycles. The number of amides is 1. The summed E-state index contributed by atoms with van der Waals surface area (Å²) in [7, 11) is 0. The molecule has 2 rings (SSSR count). The van der Waals surface area contributed by atoms with Crippen molar-refractivity contribution in [1.82, 2.24) is 4.90 Å². The number of rotatable bonds is 4. The summed E-state index contributed by atoms with van der Waals surface area (Å²) in [5.41, 5.74) is 0. The number of benzene rings is 1. The Kier molecular flexibility index (Phi) is 3.96. The van der Waals surface area contributed by atoms with Crippen molar-refractivity contribution >= 4 is 5.91 Å². The SMILES string of the molecule is O=C(CCOc1ccc(F)cc1)N1CCCC1. The van der Waals surface area contributed by atoms with Crippen LogP contribution in [0.1, 0.15) is 19.3 Å². The first-order valence-electron chi connectivity index (χ1n) is 5.92. The predicted molar refractivity (Wildman–Crippen MR) is 62.3 cm³/mol. The number of ether oxygens (including phenoxy) is 1. The van der Waals surface area contributed by atoms with Gasteiger partial charge in [0, 0.05) is 13.1 Å². The van der Waals surface area contributed by atoms with Gasteiger partial charge in [0.1, 0.15) is 11.6 Å². The smallest absolute Gasteiger partial charge is 0.225 e. The van der Waals surface area contributed by atoms with Gasteiger partial charge in [0.15, 0.2) is 0 Å². The van der Waals surface area contributed by atoms with Crippen molar-refractivity contribution in [1.29, 1.82) is 0 Å². The third-order valence-corrected chi connectivity index (χ3v) is 2.86. The van der Waals surface area contributed by atoms with Crippen LogP contribution in [0.3, 0.4) is 0 Å².